The molecule has 0 saturated carbocycles. The second-order valence-electron chi connectivity index (χ2n) is 14.6. The smallest absolute Gasteiger partial charge is 0.0548 e. The quantitative estimate of drug-likeness (QED) is 0.151. The first kappa shape index (κ1) is 32.5. The number of fused-ring (bicyclic) bond motifs is 9. The van der Waals surface area contributed by atoms with E-state index in [4.69, 9.17) is 0 Å². The van der Waals surface area contributed by atoms with E-state index in [2.05, 4.69) is 205 Å². The van der Waals surface area contributed by atoms with E-state index in [9.17, 15) is 0 Å². The molecule has 0 atom stereocenters. The third-order valence-electron chi connectivity index (χ3n) is 11.4. The van der Waals surface area contributed by atoms with Gasteiger partial charge in [-0.2, -0.15) is 0 Å². The molecular weight excluding hydrogens is 697 g/mol. The second-order valence-corrected chi connectivity index (χ2v) is 15.9. The van der Waals surface area contributed by atoms with Gasteiger partial charge in [-0.1, -0.05) is 128 Å². The highest BCUT2D eigenvalue weighted by molar-refractivity contribution is 7.19. The van der Waals surface area contributed by atoms with Crippen LogP contribution in [0.1, 0.15) is 10.4 Å². The maximum Gasteiger partial charge on any atom is 0.0548 e. The van der Waals surface area contributed by atoms with Crippen LogP contribution in [0.25, 0.3) is 104 Å². The lowest BCUT2D eigenvalue weighted by atomic mass is 9.99. The van der Waals surface area contributed by atoms with Crippen LogP contribution in [0.3, 0.4) is 0 Å². The highest BCUT2D eigenvalue weighted by Crippen LogP contribution is 2.44. The number of aryl methyl sites for hydroxylation is 1. The van der Waals surface area contributed by atoms with Crippen molar-refractivity contribution in [3.8, 4) is 33.6 Å². The fourth-order valence-electron chi connectivity index (χ4n) is 8.87. The summed E-state index contributed by atoms with van der Waals surface area (Å²) in [6, 6.07) is 62.4. The molecule has 0 aliphatic heterocycles. The lowest BCUT2D eigenvalue weighted by Crippen LogP contribution is -1.94. The molecule has 0 aliphatic rings. The summed E-state index contributed by atoms with van der Waals surface area (Å²) in [7, 11) is 0. The first-order valence-electron chi connectivity index (χ1n) is 19.1. The number of aromatic nitrogens is 2. The maximum atomic E-state index is 3.99. The third-order valence-corrected chi connectivity index (χ3v) is 12.5. The van der Waals surface area contributed by atoms with Crippen LogP contribution < -0.4 is 0 Å². The molecule has 11 rings (SSSR count). The van der Waals surface area contributed by atoms with Crippen LogP contribution in [0, 0.1) is 6.92 Å². The Labute approximate surface area is 329 Å². The molecule has 3 aromatic heterocycles. The Morgan fingerprint density at radius 1 is 0.464 bits per heavy atom. The molecule has 264 valence electrons. The normalized spacial score (nSPS) is 12.0. The minimum absolute atomic E-state index is 1.15. The maximum absolute atomic E-state index is 3.99. The Kier molecular flexibility index (Phi) is 7.45. The van der Waals surface area contributed by atoms with Gasteiger partial charge < -0.3 is 9.13 Å². The molecule has 0 spiro atoms. The molecule has 0 N–H and O–H groups in total. The number of nitrogens with zero attached hydrogens (tertiary/aromatic N) is 2. The van der Waals surface area contributed by atoms with Crippen molar-refractivity contribution >= 4 is 81.9 Å². The van der Waals surface area contributed by atoms with E-state index in [1.807, 2.05) is 17.4 Å². The van der Waals surface area contributed by atoms with E-state index in [-0.39, 0.29) is 0 Å². The molecule has 11 aromatic rings. The van der Waals surface area contributed by atoms with E-state index in [0.29, 0.717) is 0 Å². The van der Waals surface area contributed by atoms with E-state index < -0.39 is 0 Å². The van der Waals surface area contributed by atoms with Crippen molar-refractivity contribution in [3.05, 3.63) is 199 Å². The fourth-order valence-corrected chi connectivity index (χ4v) is 9.93. The summed E-state index contributed by atoms with van der Waals surface area (Å²) in [6.45, 7) is 6.22. The Morgan fingerprint density at radius 2 is 1.11 bits per heavy atom. The predicted octanol–water partition coefficient (Wildman–Crippen LogP) is 15.1. The Hall–Kier alpha value is -6.94. The van der Waals surface area contributed by atoms with Crippen LogP contribution in [-0.4, -0.2) is 9.13 Å². The molecule has 0 radical (unpaired) electrons. The predicted molar refractivity (Wildman–Crippen MR) is 243 cm³/mol. The van der Waals surface area contributed by atoms with Crippen LogP contribution in [0.5, 0.6) is 0 Å². The average Bonchev–Trinajstić information content (AvgIpc) is 3.88. The first-order valence-corrected chi connectivity index (χ1v) is 19.9. The zero-order chi connectivity index (χ0) is 37.3. The third kappa shape index (κ3) is 5.02. The van der Waals surface area contributed by atoms with Gasteiger partial charge in [0.1, 0.15) is 0 Å². The number of thiophene rings is 1. The summed E-state index contributed by atoms with van der Waals surface area (Å²) in [5.74, 6) is 0. The van der Waals surface area contributed by atoms with Crippen molar-refractivity contribution < 1.29 is 0 Å². The van der Waals surface area contributed by atoms with Crippen molar-refractivity contribution in [3.63, 3.8) is 0 Å². The second kappa shape index (κ2) is 12.8. The van der Waals surface area contributed by atoms with Gasteiger partial charge in [0.25, 0.3) is 0 Å². The van der Waals surface area contributed by atoms with Crippen molar-refractivity contribution in [1.29, 1.82) is 0 Å². The summed E-state index contributed by atoms with van der Waals surface area (Å²) in [5, 5.41) is 8.83. The van der Waals surface area contributed by atoms with E-state index in [1.54, 1.807) is 0 Å². The average molecular weight is 733 g/mol. The summed E-state index contributed by atoms with van der Waals surface area (Å²) in [6.07, 6.45) is 6.15. The monoisotopic (exact) mass is 732 g/mol. The number of hydrogen-bond donors (Lipinski definition) is 0. The fraction of sp³-hybridized carbons (Fsp3) is 0.0189. The topological polar surface area (TPSA) is 9.86 Å². The number of allylic oxidation sites excluding steroid dienone is 2. The molecule has 3 heteroatoms. The zero-order valence-corrected chi connectivity index (χ0v) is 31.7. The highest BCUT2D eigenvalue weighted by Gasteiger charge is 2.20. The lowest BCUT2D eigenvalue weighted by Gasteiger charge is -2.11. The Bertz CT molecular complexity index is 3390. The van der Waals surface area contributed by atoms with Crippen molar-refractivity contribution in [2.45, 2.75) is 6.92 Å². The molecule has 8 aromatic carbocycles. The zero-order valence-electron chi connectivity index (χ0n) is 30.9. The van der Waals surface area contributed by atoms with Gasteiger partial charge in [-0.05, 0) is 112 Å². The number of rotatable bonds is 6. The number of hydrogen-bond acceptors (Lipinski definition) is 1. The standard InChI is InChI=1S/C53H36N2S/c1-3-4-19-43-34(2)56-51-29-28-50-52(53(43)51)46-33-40(24-27-49(46)55(50)41-18-12-17-38(30-41)35-13-6-5-7-14-35)39-23-26-48-45(32-39)44-20-10-11-21-47(44)54(48)42-25-22-36-15-8-9-16-37(36)31-42/h3-33H,1H2,2H3/b19-4-. The first-order chi connectivity index (χ1) is 27.6. The van der Waals surface area contributed by atoms with Gasteiger partial charge in [-0.25, -0.2) is 0 Å². The SMILES string of the molecule is C=C/C=C\c1c(C)sc2ccc3c(c4cc(-c5ccc6c(c5)c5ccccc5n6-c5ccc6ccccc6c5)ccc4n3-c3cccc(-c4ccccc4)c3)c12. The lowest BCUT2D eigenvalue weighted by molar-refractivity contribution is 1.18. The van der Waals surface area contributed by atoms with Gasteiger partial charge in [0, 0.05) is 47.9 Å². The van der Waals surface area contributed by atoms with Gasteiger partial charge in [-0.3, -0.25) is 0 Å². The van der Waals surface area contributed by atoms with Gasteiger partial charge >= 0.3 is 0 Å². The number of benzene rings is 8. The van der Waals surface area contributed by atoms with Crippen molar-refractivity contribution in [1.82, 2.24) is 9.13 Å². The minimum atomic E-state index is 1.15. The molecule has 0 aliphatic carbocycles. The molecule has 0 fully saturated rings. The van der Waals surface area contributed by atoms with Crippen molar-refractivity contribution in [2.24, 2.45) is 0 Å². The Balaban J connectivity index is 1.15. The molecule has 0 amide bonds. The Morgan fingerprint density at radius 3 is 1.95 bits per heavy atom. The minimum Gasteiger partial charge on any atom is -0.309 e. The molecule has 3 heterocycles. The van der Waals surface area contributed by atoms with Gasteiger partial charge in [0.2, 0.25) is 0 Å². The summed E-state index contributed by atoms with van der Waals surface area (Å²) in [5.41, 5.74) is 13.2. The highest BCUT2D eigenvalue weighted by atomic mass is 32.1. The summed E-state index contributed by atoms with van der Waals surface area (Å²) < 4.78 is 6.16. The van der Waals surface area contributed by atoms with Crippen LogP contribution in [0.4, 0.5) is 0 Å². The van der Waals surface area contributed by atoms with Gasteiger partial charge in [0.05, 0.1) is 22.1 Å². The molecule has 0 bridgehead atoms. The van der Waals surface area contributed by atoms with Crippen LogP contribution in [-0.2, 0) is 0 Å². The molecule has 56 heavy (non-hydrogen) atoms. The van der Waals surface area contributed by atoms with E-state index in [1.165, 1.54) is 103 Å². The molecule has 2 nitrogen and oxygen atoms in total. The van der Waals surface area contributed by atoms with Gasteiger partial charge in [-0.15, -0.1) is 11.3 Å². The van der Waals surface area contributed by atoms with Crippen molar-refractivity contribution in [2.75, 3.05) is 0 Å². The van der Waals surface area contributed by atoms with Gasteiger partial charge in [0.15, 0.2) is 0 Å². The van der Waals surface area contributed by atoms with E-state index >= 15 is 0 Å². The van der Waals surface area contributed by atoms with E-state index in [0.717, 1.165) is 5.69 Å². The molecular formula is C53H36N2S. The molecule has 0 unspecified atom stereocenters. The van der Waals surface area contributed by atoms with Crippen LogP contribution >= 0.6 is 11.3 Å². The van der Waals surface area contributed by atoms with Crippen LogP contribution in [0.15, 0.2) is 189 Å². The number of para-hydroxylation sites is 1. The molecule has 0 saturated heterocycles. The van der Waals surface area contributed by atoms with Crippen LogP contribution in [0.2, 0.25) is 0 Å². The largest absolute Gasteiger partial charge is 0.309 e. The summed E-state index contributed by atoms with van der Waals surface area (Å²) >= 11 is 1.86. The summed E-state index contributed by atoms with van der Waals surface area (Å²) in [4.78, 5) is 1.31.